The minimum Gasteiger partial charge on any atom is -0.484 e. The van der Waals surface area contributed by atoms with Crippen molar-refractivity contribution in [2.45, 2.75) is 45.8 Å². The van der Waals surface area contributed by atoms with Gasteiger partial charge in [-0.3, -0.25) is 9.59 Å². The summed E-state index contributed by atoms with van der Waals surface area (Å²) >= 11 is 9.54. The second kappa shape index (κ2) is 12.8. The molecular formula is C28H30BrClN2O3. The first kappa shape index (κ1) is 26.8. The molecule has 0 saturated heterocycles. The van der Waals surface area contributed by atoms with Crippen LogP contribution in [0.15, 0.2) is 77.3 Å². The lowest BCUT2D eigenvalue weighted by atomic mass is 10.0. The summed E-state index contributed by atoms with van der Waals surface area (Å²) in [4.78, 5) is 28.5. The molecule has 35 heavy (non-hydrogen) atoms. The first-order valence-electron chi connectivity index (χ1n) is 11.5. The lowest BCUT2D eigenvalue weighted by Crippen LogP contribution is -2.52. The van der Waals surface area contributed by atoms with E-state index in [1.54, 1.807) is 23.1 Å². The normalized spacial score (nSPS) is 11.7. The number of ether oxygens (including phenoxy) is 1. The number of hydrogen-bond acceptors (Lipinski definition) is 3. The highest BCUT2D eigenvalue weighted by molar-refractivity contribution is 9.10. The van der Waals surface area contributed by atoms with Gasteiger partial charge in [-0.05, 0) is 67.8 Å². The Kier molecular flexibility index (Phi) is 9.75. The maximum atomic E-state index is 13.5. The lowest BCUT2D eigenvalue weighted by Gasteiger charge is -2.32. The van der Waals surface area contributed by atoms with Crippen molar-refractivity contribution in [1.82, 2.24) is 10.2 Å². The van der Waals surface area contributed by atoms with Crippen LogP contribution in [0.25, 0.3) is 0 Å². The van der Waals surface area contributed by atoms with Crippen LogP contribution >= 0.6 is 27.5 Å². The Morgan fingerprint density at radius 3 is 2.31 bits per heavy atom. The number of nitrogens with zero attached hydrogens (tertiary/aromatic N) is 1. The molecule has 0 aliphatic rings. The summed E-state index contributed by atoms with van der Waals surface area (Å²) in [5.74, 6) is 0.114. The minimum atomic E-state index is -0.710. The second-order valence-electron chi connectivity index (χ2n) is 8.72. The maximum absolute atomic E-state index is 13.5. The number of carbonyl (C=O) groups is 2. The van der Waals surface area contributed by atoms with Gasteiger partial charge in [-0.15, -0.1) is 0 Å². The van der Waals surface area contributed by atoms with Crippen molar-refractivity contribution in [3.63, 3.8) is 0 Å². The van der Waals surface area contributed by atoms with Gasteiger partial charge in [0.25, 0.3) is 5.91 Å². The third-order valence-electron chi connectivity index (χ3n) is 5.46. The van der Waals surface area contributed by atoms with Crippen molar-refractivity contribution in [3.05, 3.63) is 99.0 Å². The molecule has 0 spiro atoms. The van der Waals surface area contributed by atoms with Crippen molar-refractivity contribution >= 4 is 39.3 Å². The van der Waals surface area contributed by atoms with Crippen molar-refractivity contribution < 1.29 is 14.3 Å². The van der Waals surface area contributed by atoms with Crippen LogP contribution in [0.1, 0.15) is 30.5 Å². The molecule has 5 nitrogen and oxygen atoms in total. The number of carbonyl (C=O) groups excluding carboxylic acids is 2. The molecule has 2 amide bonds. The predicted octanol–water partition coefficient (Wildman–Crippen LogP) is 5.95. The second-order valence-corrected chi connectivity index (χ2v) is 10.0. The zero-order valence-electron chi connectivity index (χ0n) is 20.1. The SMILES string of the molecule is Cc1cc(OCC(=O)N(Cc2ccc(Cl)cc2)C(Cc2ccccc2)C(=O)NC(C)C)ccc1Br. The van der Waals surface area contributed by atoms with E-state index in [2.05, 4.69) is 21.2 Å². The van der Waals surface area contributed by atoms with E-state index in [1.165, 1.54) is 0 Å². The molecule has 0 aliphatic heterocycles. The fourth-order valence-corrected chi connectivity index (χ4v) is 4.03. The highest BCUT2D eigenvalue weighted by atomic mass is 79.9. The third kappa shape index (κ3) is 8.11. The highest BCUT2D eigenvalue weighted by Crippen LogP contribution is 2.22. The maximum Gasteiger partial charge on any atom is 0.261 e. The Morgan fingerprint density at radius 2 is 1.69 bits per heavy atom. The zero-order chi connectivity index (χ0) is 25.4. The number of halogens is 2. The van der Waals surface area contributed by atoms with Crippen LogP contribution < -0.4 is 10.1 Å². The van der Waals surface area contributed by atoms with Crippen LogP contribution in [0.2, 0.25) is 5.02 Å². The summed E-state index contributed by atoms with van der Waals surface area (Å²) in [6.07, 6.45) is 0.385. The zero-order valence-corrected chi connectivity index (χ0v) is 22.5. The van der Waals surface area contributed by atoms with Gasteiger partial charge in [-0.2, -0.15) is 0 Å². The fourth-order valence-electron chi connectivity index (χ4n) is 3.66. The Bertz CT molecular complexity index is 1140. The molecule has 0 saturated carbocycles. The first-order chi connectivity index (χ1) is 16.7. The van der Waals surface area contributed by atoms with Crippen LogP contribution in [-0.2, 0) is 22.6 Å². The van der Waals surface area contributed by atoms with Gasteiger partial charge >= 0.3 is 0 Å². The minimum absolute atomic E-state index is 0.0600. The van der Waals surface area contributed by atoms with E-state index in [0.717, 1.165) is 21.2 Å². The third-order valence-corrected chi connectivity index (χ3v) is 6.60. The molecule has 0 radical (unpaired) electrons. The molecule has 3 aromatic rings. The largest absolute Gasteiger partial charge is 0.484 e. The Morgan fingerprint density at radius 1 is 1.00 bits per heavy atom. The first-order valence-corrected chi connectivity index (χ1v) is 12.7. The highest BCUT2D eigenvalue weighted by Gasteiger charge is 2.31. The van der Waals surface area contributed by atoms with Gasteiger partial charge in [0.1, 0.15) is 11.8 Å². The van der Waals surface area contributed by atoms with Gasteiger partial charge in [0.15, 0.2) is 6.61 Å². The Hall–Kier alpha value is -2.83. The number of rotatable bonds is 10. The number of aryl methyl sites for hydroxylation is 1. The van der Waals surface area contributed by atoms with Crippen LogP contribution in [0.5, 0.6) is 5.75 Å². The van der Waals surface area contributed by atoms with E-state index in [0.29, 0.717) is 17.2 Å². The van der Waals surface area contributed by atoms with Crippen molar-refractivity contribution in [3.8, 4) is 5.75 Å². The number of nitrogens with one attached hydrogen (secondary N) is 1. The van der Waals surface area contributed by atoms with Gasteiger partial charge in [0.05, 0.1) is 0 Å². The fraction of sp³-hybridized carbons (Fsp3) is 0.286. The summed E-state index contributed by atoms with van der Waals surface area (Å²) < 4.78 is 6.80. The molecule has 0 aromatic heterocycles. The van der Waals surface area contributed by atoms with E-state index < -0.39 is 6.04 Å². The topological polar surface area (TPSA) is 58.6 Å². The molecule has 7 heteroatoms. The molecule has 0 heterocycles. The molecular weight excluding hydrogens is 528 g/mol. The number of hydrogen-bond donors (Lipinski definition) is 1. The monoisotopic (exact) mass is 556 g/mol. The predicted molar refractivity (Wildman–Crippen MR) is 144 cm³/mol. The molecule has 1 N–H and O–H groups in total. The lowest BCUT2D eigenvalue weighted by molar-refractivity contribution is -0.143. The summed E-state index contributed by atoms with van der Waals surface area (Å²) in [6, 6.07) is 21.8. The summed E-state index contributed by atoms with van der Waals surface area (Å²) in [5.41, 5.74) is 2.85. The summed E-state index contributed by atoms with van der Waals surface area (Å²) in [7, 11) is 0. The smallest absolute Gasteiger partial charge is 0.261 e. The average molecular weight is 558 g/mol. The summed E-state index contributed by atoms with van der Waals surface area (Å²) in [6.45, 7) is 5.83. The van der Waals surface area contributed by atoms with Gasteiger partial charge in [0.2, 0.25) is 5.91 Å². The Balaban J connectivity index is 1.90. The van der Waals surface area contributed by atoms with Gasteiger partial charge in [-0.25, -0.2) is 0 Å². The van der Waals surface area contributed by atoms with E-state index in [9.17, 15) is 9.59 Å². The molecule has 184 valence electrons. The van der Waals surface area contributed by atoms with E-state index >= 15 is 0 Å². The van der Waals surface area contributed by atoms with Gasteiger partial charge < -0.3 is 15.0 Å². The molecule has 3 aromatic carbocycles. The van der Waals surface area contributed by atoms with E-state index in [1.807, 2.05) is 75.4 Å². The number of amides is 2. The molecule has 1 unspecified atom stereocenters. The van der Waals surface area contributed by atoms with Crippen LogP contribution in [0.4, 0.5) is 0 Å². The molecule has 3 rings (SSSR count). The van der Waals surface area contributed by atoms with Gasteiger partial charge in [-0.1, -0.05) is 70.0 Å². The summed E-state index contributed by atoms with van der Waals surface area (Å²) in [5, 5.41) is 3.59. The Labute approximate surface area is 220 Å². The quantitative estimate of drug-likeness (QED) is 0.335. The van der Waals surface area contributed by atoms with Crippen molar-refractivity contribution in [1.29, 1.82) is 0 Å². The average Bonchev–Trinajstić information content (AvgIpc) is 2.83. The number of benzene rings is 3. The van der Waals surface area contributed by atoms with Gasteiger partial charge in [0, 0.05) is 28.5 Å². The van der Waals surface area contributed by atoms with Crippen molar-refractivity contribution in [2.24, 2.45) is 0 Å². The van der Waals surface area contributed by atoms with E-state index in [4.69, 9.17) is 16.3 Å². The van der Waals surface area contributed by atoms with Crippen LogP contribution in [-0.4, -0.2) is 35.4 Å². The molecule has 0 bridgehead atoms. The molecule has 0 fully saturated rings. The standard InChI is InChI=1S/C28H30BrClN2O3/c1-19(2)31-28(34)26(16-21-7-5-4-6-8-21)32(17-22-9-11-23(30)12-10-22)27(33)18-35-24-13-14-25(29)20(3)15-24/h4-15,19,26H,16-18H2,1-3H3,(H,31,34). The molecule has 1 atom stereocenters. The van der Waals surface area contributed by atoms with E-state index in [-0.39, 0.29) is 31.0 Å². The van der Waals surface area contributed by atoms with Crippen LogP contribution in [0, 0.1) is 6.92 Å². The molecule has 0 aliphatic carbocycles. The van der Waals surface area contributed by atoms with Crippen molar-refractivity contribution in [2.75, 3.05) is 6.61 Å². The van der Waals surface area contributed by atoms with Crippen LogP contribution in [0.3, 0.4) is 0 Å².